The standard InChI is InChI=1S/C11H21N3OS/c1-3-16-9-7-14-6-4-13-11(14)10-12-5-8-15-2/h4,6,12H,3,5,7-10H2,1-2H3. The Kier molecular flexibility index (Phi) is 7.29. The summed E-state index contributed by atoms with van der Waals surface area (Å²) in [5.74, 6) is 3.43. The van der Waals surface area contributed by atoms with Crippen LogP contribution < -0.4 is 5.32 Å². The van der Waals surface area contributed by atoms with Crippen LogP contribution in [0.1, 0.15) is 12.7 Å². The molecule has 0 fully saturated rings. The molecular weight excluding hydrogens is 222 g/mol. The van der Waals surface area contributed by atoms with Gasteiger partial charge in [0.25, 0.3) is 0 Å². The highest BCUT2D eigenvalue weighted by Gasteiger charge is 2.01. The molecule has 0 aliphatic heterocycles. The Morgan fingerprint density at radius 1 is 1.56 bits per heavy atom. The van der Waals surface area contributed by atoms with Gasteiger partial charge in [-0.1, -0.05) is 6.92 Å². The van der Waals surface area contributed by atoms with Gasteiger partial charge < -0.3 is 14.6 Å². The van der Waals surface area contributed by atoms with Crippen molar-refractivity contribution in [1.29, 1.82) is 0 Å². The highest BCUT2D eigenvalue weighted by Crippen LogP contribution is 2.03. The Bertz CT molecular complexity index is 278. The Morgan fingerprint density at radius 2 is 2.44 bits per heavy atom. The van der Waals surface area contributed by atoms with E-state index in [9.17, 15) is 0 Å². The summed E-state index contributed by atoms with van der Waals surface area (Å²) in [5.41, 5.74) is 0. The predicted molar refractivity (Wildman–Crippen MR) is 68.8 cm³/mol. The zero-order chi connectivity index (χ0) is 11.6. The van der Waals surface area contributed by atoms with Crippen molar-refractivity contribution in [3.8, 4) is 0 Å². The minimum absolute atomic E-state index is 0.742. The number of nitrogens with one attached hydrogen (secondary N) is 1. The van der Waals surface area contributed by atoms with Crippen LogP contribution in [0.15, 0.2) is 12.4 Å². The molecule has 0 aliphatic carbocycles. The van der Waals surface area contributed by atoms with Gasteiger partial charge in [0, 0.05) is 38.3 Å². The van der Waals surface area contributed by atoms with Crippen molar-refractivity contribution in [1.82, 2.24) is 14.9 Å². The third-order valence-electron chi connectivity index (χ3n) is 2.25. The fraction of sp³-hybridized carbons (Fsp3) is 0.727. The van der Waals surface area contributed by atoms with E-state index < -0.39 is 0 Å². The van der Waals surface area contributed by atoms with E-state index in [1.165, 1.54) is 5.75 Å². The molecule has 0 aromatic carbocycles. The summed E-state index contributed by atoms with van der Waals surface area (Å²) in [4.78, 5) is 4.34. The molecule has 0 saturated carbocycles. The van der Waals surface area contributed by atoms with Crippen LogP contribution in [-0.2, 0) is 17.8 Å². The number of aryl methyl sites for hydroxylation is 1. The molecule has 1 rings (SSSR count). The monoisotopic (exact) mass is 243 g/mol. The van der Waals surface area contributed by atoms with Crippen molar-refractivity contribution < 1.29 is 4.74 Å². The van der Waals surface area contributed by atoms with E-state index in [4.69, 9.17) is 4.74 Å². The first-order valence-electron chi connectivity index (χ1n) is 5.66. The Morgan fingerprint density at radius 3 is 3.19 bits per heavy atom. The average molecular weight is 243 g/mol. The van der Waals surface area contributed by atoms with Gasteiger partial charge in [-0.15, -0.1) is 0 Å². The van der Waals surface area contributed by atoms with Gasteiger partial charge in [0.15, 0.2) is 0 Å². The molecule has 1 aromatic rings. The molecule has 92 valence electrons. The largest absolute Gasteiger partial charge is 0.383 e. The first kappa shape index (κ1) is 13.5. The van der Waals surface area contributed by atoms with Crippen LogP contribution in [0.4, 0.5) is 0 Å². The number of nitrogens with zero attached hydrogens (tertiary/aromatic N) is 2. The zero-order valence-electron chi connectivity index (χ0n) is 10.1. The number of hydrogen-bond donors (Lipinski definition) is 1. The van der Waals surface area contributed by atoms with Crippen molar-refractivity contribution in [3.05, 3.63) is 18.2 Å². The van der Waals surface area contributed by atoms with Gasteiger partial charge in [-0.05, 0) is 5.75 Å². The van der Waals surface area contributed by atoms with E-state index in [2.05, 4.69) is 21.8 Å². The van der Waals surface area contributed by atoms with Crippen LogP contribution in [0.3, 0.4) is 0 Å². The van der Waals surface area contributed by atoms with Crippen LogP contribution in [-0.4, -0.2) is 41.3 Å². The van der Waals surface area contributed by atoms with E-state index in [-0.39, 0.29) is 0 Å². The highest BCUT2D eigenvalue weighted by atomic mass is 32.2. The number of imidazole rings is 1. The lowest BCUT2D eigenvalue weighted by atomic mass is 10.5. The molecular formula is C11H21N3OS. The van der Waals surface area contributed by atoms with Gasteiger partial charge in [-0.25, -0.2) is 4.98 Å². The minimum atomic E-state index is 0.742. The minimum Gasteiger partial charge on any atom is -0.383 e. The number of ether oxygens (including phenoxy) is 1. The van der Waals surface area contributed by atoms with Crippen molar-refractivity contribution in [2.24, 2.45) is 0 Å². The van der Waals surface area contributed by atoms with E-state index in [1.807, 2.05) is 24.2 Å². The summed E-state index contributed by atoms with van der Waals surface area (Å²) < 4.78 is 7.19. The molecule has 0 spiro atoms. The third kappa shape index (κ3) is 5.01. The van der Waals surface area contributed by atoms with Gasteiger partial charge >= 0.3 is 0 Å². The first-order chi connectivity index (χ1) is 7.88. The maximum atomic E-state index is 4.98. The van der Waals surface area contributed by atoms with Crippen LogP contribution in [0, 0.1) is 0 Å². The Labute approximate surface area is 102 Å². The summed E-state index contributed by atoms with van der Waals surface area (Å²) >= 11 is 1.96. The molecule has 16 heavy (non-hydrogen) atoms. The van der Waals surface area contributed by atoms with Gasteiger partial charge in [-0.2, -0.15) is 11.8 Å². The second kappa shape index (κ2) is 8.61. The fourth-order valence-electron chi connectivity index (χ4n) is 1.39. The predicted octanol–water partition coefficient (Wildman–Crippen LogP) is 1.37. The van der Waals surface area contributed by atoms with Crippen molar-refractivity contribution in [2.75, 3.05) is 31.8 Å². The molecule has 4 nitrogen and oxygen atoms in total. The van der Waals surface area contributed by atoms with Crippen molar-refractivity contribution in [2.45, 2.75) is 20.0 Å². The van der Waals surface area contributed by atoms with Gasteiger partial charge in [0.2, 0.25) is 0 Å². The molecule has 1 heterocycles. The molecule has 0 radical (unpaired) electrons. The number of thioether (sulfide) groups is 1. The fourth-order valence-corrected chi connectivity index (χ4v) is 2.01. The Hall–Kier alpha value is -0.520. The highest BCUT2D eigenvalue weighted by molar-refractivity contribution is 7.99. The molecule has 5 heteroatoms. The summed E-state index contributed by atoms with van der Waals surface area (Å²) in [7, 11) is 1.71. The SMILES string of the molecule is CCSCCn1ccnc1CNCCOC. The summed E-state index contributed by atoms with van der Waals surface area (Å²) in [6.07, 6.45) is 3.91. The van der Waals surface area contributed by atoms with Crippen molar-refractivity contribution in [3.63, 3.8) is 0 Å². The van der Waals surface area contributed by atoms with Crippen LogP contribution in [0.2, 0.25) is 0 Å². The maximum Gasteiger partial charge on any atom is 0.122 e. The van der Waals surface area contributed by atoms with E-state index >= 15 is 0 Å². The van der Waals surface area contributed by atoms with Gasteiger partial charge in [-0.3, -0.25) is 0 Å². The van der Waals surface area contributed by atoms with E-state index in [1.54, 1.807) is 7.11 Å². The number of aromatic nitrogens is 2. The first-order valence-corrected chi connectivity index (χ1v) is 6.81. The molecule has 0 amide bonds. The number of rotatable bonds is 9. The second-order valence-electron chi connectivity index (χ2n) is 3.40. The molecule has 0 bridgehead atoms. The topological polar surface area (TPSA) is 39.1 Å². The van der Waals surface area contributed by atoms with Crippen LogP contribution in [0.5, 0.6) is 0 Å². The van der Waals surface area contributed by atoms with Gasteiger partial charge in [0.05, 0.1) is 13.2 Å². The number of hydrogen-bond acceptors (Lipinski definition) is 4. The molecule has 1 N–H and O–H groups in total. The number of methoxy groups -OCH3 is 1. The molecule has 0 aliphatic rings. The summed E-state index contributed by atoms with van der Waals surface area (Å²) in [6, 6.07) is 0. The van der Waals surface area contributed by atoms with Crippen LogP contribution >= 0.6 is 11.8 Å². The maximum absolute atomic E-state index is 4.98. The van der Waals surface area contributed by atoms with Crippen LogP contribution in [0.25, 0.3) is 0 Å². The molecule has 0 unspecified atom stereocenters. The van der Waals surface area contributed by atoms with E-state index in [0.29, 0.717) is 0 Å². The second-order valence-corrected chi connectivity index (χ2v) is 4.80. The lowest BCUT2D eigenvalue weighted by Crippen LogP contribution is -2.21. The molecule has 1 aromatic heterocycles. The average Bonchev–Trinajstić information content (AvgIpc) is 2.73. The quantitative estimate of drug-likeness (QED) is 0.665. The van der Waals surface area contributed by atoms with Gasteiger partial charge in [0.1, 0.15) is 5.82 Å². The summed E-state index contributed by atoms with van der Waals surface area (Å²) in [6.45, 7) is 5.65. The lowest BCUT2D eigenvalue weighted by molar-refractivity contribution is 0.199. The smallest absolute Gasteiger partial charge is 0.122 e. The zero-order valence-corrected chi connectivity index (χ0v) is 10.9. The summed E-state index contributed by atoms with van der Waals surface area (Å²) in [5, 5.41) is 3.30. The van der Waals surface area contributed by atoms with E-state index in [0.717, 1.165) is 37.8 Å². The third-order valence-corrected chi connectivity index (χ3v) is 3.13. The molecule has 0 saturated heterocycles. The van der Waals surface area contributed by atoms with Crippen molar-refractivity contribution >= 4 is 11.8 Å². The normalized spacial score (nSPS) is 10.9. The Balaban J connectivity index is 2.26. The lowest BCUT2D eigenvalue weighted by Gasteiger charge is -2.08. The molecule has 0 atom stereocenters.